The Hall–Kier alpha value is -3.68. The molecule has 0 aromatic heterocycles. The van der Waals surface area contributed by atoms with Gasteiger partial charge in [-0.2, -0.15) is 5.10 Å². The summed E-state index contributed by atoms with van der Waals surface area (Å²) in [6.07, 6.45) is 0.0241. The molecule has 8 nitrogen and oxygen atoms in total. The molecule has 0 spiro atoms. The lowest BCUT2D eigenvalue weighted by Gasteiger charge is -2.07. The zero-order chi connectivity index (χ0) is 20.5. The highest BCUT2D eigenvalue weighted by Gasteiger charge is 2.08. The summed E-state index contributed by atoms with van der Waals surface area (Å²) in [5.74, 6) is -0.165. The lowest BCUT2D eigenvalue weighted by atomic mass is 10.2. The molecule has 0 aliphatic heterocycles. The van der Waals surface area contributed by atoms with Gasteiger partial charge in [0.25, 0.3) is 5.91 Å². The maximum Gasteiger partial charge on any atom is 0.271 e. The van der Waals surface area contributed by atoms with Gasteiger partial charge >= 0.3 is 0 Å². The highest BCUT2D eigenvalue weighted by atomic mass is 16.5. The van der Waals surface area contributed by atoms with Gasteiger partial charge in [-0.15, -0.1) is 0 Å². The molecule has 0 saturated heterocycles. The number of hydrogen-bond donors (Lipinski definition) is 3. The van der Waals surface area contributed by atoms with E-state index in [1.165, 1.54) is 6.92 Å². The van der Waals surface area contributed by atoms with E-state index >= 15 is 0 Å². The Balaban J connectivity index is 1.85. The van der Waals surface area contributed by atoms with Crippen LogP contribution in [0.2, 0.25) is 0 Å². The fourth-order valence-corrected chi connectivity index (χ4v) is 2.27. The lowest BCUT2D eigenvalue weighted by molar-refractivity contribution is -0.115. The van der Waals surface area contributed by atoms with Crippen LogP contribution in [0.1, 0.15) is 30.6 Å². The van der Waals surface area contributed by atoms with E-state index in [0.717, 1.165) is 0 Å². The zero-order valence-corrected chi connectivity index (χ0v) is 15.9. The predicted molar refractivity (Wildman–Crippen MR) is 108 cm³/mol. The van der Waals surface area contributed by atoms with Crippen LogP contribution < -0.4 is 20.8 Å². The number of carbonyl (C=O) groups is 3. The molecule has 0 bridgehead atoms. The minimum Gasteiger partial charge on any atom is -0.497 e. The minimum absolute atomic E-state index is 0.0241. The van der Waals surface area contributed by atoms with Crippen molar-refractivity contribution in [1.29, 1.82) is 0 Å². The van der Waals surface area contributed by atoms with E-state index in [4.69, 9.17) is 4.74 Å². The molecule has 0 saturated carbocycles. The molecular weight excluding hydrogens is 360 g/mol. The van der Waals surface area contributed by atoms with Crippen LogP contribution >= 0.6 is 0 Å². The van der Waals surface area contributed by atoms with Gasteiger partial charge in [0.05, 0.1) is 13.5 Å². The maximum absolute atomic E-state index is 12.1. The Morgan fingerprint density at radius 3 is 2.00 bits per heavy atom. The first-order chi connectivity index (χ1) is 13.4. The van der Waals surface area contributed by atoms with E-state index in [0.29, 0.717) is 28.4 Å². The average molecular weight is 382 g/mol. The highest BCUT2D eigenvalue weighted by molar-refractivity contribution is 6.06. The second kappa shape index (κ2) is 9.86. The number of anilines is 2. The zero-order valence-electron chi connectivity index (χ0n) is 15.9. The summed E-state index contributed by atoms with van der Waals surface area (Å²) in [6.45, 7) is 3.07. The molecule has 0 atom stereocenters. The third-order valence-corrected chi connectivity index (χ3v) is 3.61. The van der Waals surface area contributed by atoms with Gasteiger partial charge in [-0.1, -0.05) is 0 Å². The smallest absolute Gasteiger partial charge is 0.271 e. The number of amides is 3. The number of nitrogens with zero attached hydrogens (tertiary/aromatic N) is 1. The molecule has 0 unspecified atom stereocenters. The van der Waals surface area contributed by atoms with E-state index in [-0.39, 0.29) is 24.1 Å². The Bertz CT molecular complexity index is 874. The first kappa shape index (κ1) is 20.6. The molecule has 2 rings (SSSR count). The van der Waals surface area contributed by atoms with Gasteiger partial charge in [0.15, 0.2) is 0 Å². The van der Waals surface area contributed by atoms with E-state index in [1.807, 2.05) is 0 Å². The molecule has 8 heteroatoms. The molecule has 28 heavy (non-hydrogen) atoms. The second-order valence-electron chi connectivity index (χ2n) is 6.00. The summed E-state index contributed by atoms with van der Waals surface area (Å²) in [6, 6.07) is 13.3. The fraction of sp³-hybridized carbons (Fsp3) is 0.200. The van der Waals surface area contributed by atoms with E-state index in [9.17, 15) is 14.4 Å². The van der Waals surface area contributed by atoms with Crippen LogP contribution in [0.5, 0.6) is 5.75 Å². The third-order valence-electron chi connectivity index (χ3n) is 3.61. The summed E-state index contributed by atoms with van der Waals surface area (Å²) >= 11 is 0. The van der Waals surface area contributed by atoms with Crippen molar-refractivity contribution in [2.75, 3.05) is 17.7 Å². The molecule has 0 radical (unpaired) electrons. The number of hydrogen-bond acceptors (Lipinski definition) is 5. The van der Waals surface area contributed by atoms with Gasteiger partial charge in [0.2, 0.25) is 11.8 Å². The average Bonchev–Trinajstić information content (AvgIpc) is 2.67. The molecule has 3 amide bonds. The SMILES string of the molecule is COc1ccc(C(=O)N/N=C(\C)CC(=O)Nc2ccc(NC(C)=O)cc2)cc1. The van der Waals surface area contributed by atoms with E-state index < -0.39 is 0 Å². The Morgan fingerprint density at radius 1 is 0.893 bits per heavy atom. The van der Waals surface area contributed by atoms with Gasteiger partial charge in [0, 0.05) is 29.6 Å². The van der Waals surface area contributed by atoms with Crippen molar-refractivity contribution in [2.45, 2.75) is 20.3 Å². The van der Waals surface area contributed by atoms with Crippen LogP contribution in [0.15, 0.2) is 53.6 Å². The van der Waals surface area contributed by atoms with Crippen LogP contribution in [0.25, 0.3) is 0 Å². The van der Waals surface area contributed by atoms with Crippen LogP contribution in [-0.4, -0.2) is 30.5 Å². The Morgan fingerprint density at radius 2 is 1.46 bits per heavy atom. The number of methoxy groups -OCH3 is 1. The molecule has 0 aliphatic carbocycles. The largest absolute Gasteiger partial charge is 0.497 e. The van der Waals surface area contributed by atoms with Gasteiger partial charge < -0.3 is 15.4 Å². The first-order valence-corrected chi connectivity index (χ1v) is 8.52. The van der Waals surface area contributed by atoms with E-state index in [1.54, 1.807) is 62.6 Å². The number of benzene rings is 2. The number of nitrogens with one attached hydrogen (secondary N) is 3. The van der Waals surface area contributed by atoms with Crippen LogP contribution in [0, 0.1) is 0 Å². The molecule has 0 heterocycles. The third kappa shape index (κ3) is 6.56. The Kier molecular flexibility index (Phi) is 7.27. The quantitative estimate of drug-likeness (QED) is 0.505. The van der Waals surface area contributed by atoms with Crippen LogP contribution in [0.3, 0.4) is 0 Å². The van der Waals surface area contributed by atoms with Crippen molar-refractivity contribution in [3.63, 3.8) is 0 Å². The monoisotopic (exact) mass is 382 g/mol. The number of ether oxygens (including phenoxy) is 1. The minimum atomic E-state index is -0.379. The molecule has 146 valence electrons. The van der Waals surface area contributed by atoms with Crippen molar-refractivity contribution in [1.82, 2.24) is 5.43 Å². The van der Waals surface area contributed by atoms with Crippen molar-refractivity contribution in [3.8, 4) is 5.75 Å². The normalized spacial score (nSPS) is 10.8. The fourth-order valence-electron chi connectivity index (χ4n) is 2.27. The molecular formula is C20H22N4O4. The van der Waals surface area contributed by atoms with Crippen LogP contribution in [0.4, 0.5) is 11.4 Å². The summed E-state index contributed by atoms with van der Waals surface area (Å²) in [7, 11) is 1.55. The number of rotatable bonds is 7. The topological polar surface area (TPSA) is 109 Å². The molecule has 3 N–H and O–H groups in total. The summed E-state index contributed by atoms with van der Waals surface area (Å²) in [4.78, 5) is 35.1. The standard InChI is InChI=1S/C20H22N4O4/c1-13(23-24-20(27)15-4-10-18(28-3)11-5-15)12-19(26)22-17-8-6-16(7-9-17)21-14(2)25/h4-11H,12H2,1-3H3,(H,21,25)(H,22,26)(H,24,27)/b23-13+. The lowest BCUT2D eigenvalue weighted by Crippen LogP contribution is -2.21. The second-order valence-corrected chi connectivity index (χ2v) is 6.00. The molecule has 2 aromatic carbocycles. The Labute approximate surface area is 163 Å². The van der Waals surface area contributed by atoms with Gasteiger partial charge in [-0.3, -0.25) is 14.4 Å². The van der Waals surface area contributed by atoms with Gasteiger partial charge in [-0.25, -0.2) is 5.43 Å². The van der Waals surface area contributed by atoms with Gasteiger partial charge in [-0.05, 0) is 55.5 Å². The summed E-state index contributed by atoms with van der Waals surface area (Å²) < 4.78 is 5.04. The van der Waals surface area contributed by atoms with E-state index in [2.05, 4.69) is 21.2 Å². The molecule has 0 aliphatic rings. The van der Waals surface area contributed by atoms with Gasteiger partial charge in [0.1, 0.15) is 5.75 Å². The van der Waals surface area contributed by atoms with Crippen LogP contribution in [-0.2, 0) is 9.59 Å². The summed E-state index contributed by atoms with van der Waals surface area (Å²) in [5, 5.41) is 9.32. The van der Waals surface area contributed by atoms with Crippen molar-refractivity contribution in [3.05, 3.63) is 54.1 Å². The maximum atomic E-state index is 12.1. The first-order valence-electron chi connectivity index (χ1n) is 8.52. The number of carbonyl (C=O) groups excluding carboxylic acids is 3. The van der Waals surface area contributed by atoms with Crippen molar-refractivity contribution >= 4 is 34.8 Å². The molecule has 0 fully saturated rings. The predicted octanol–water partition coefficient (Wildman–Crippen LogP) is 2.79. The van der Waals surface area contributed by atoms with Crippen molar-refractivity contribution < 1.29 is 19.1 Å². The number of hydrazone groups is 1. The highest BCUT2D eigenvalue weighted by Crippen LogP contribution is 2.14. The van der Waals surface area contributed by atoms with Crippen molar-refractivity contribution in [2.24, 2.45) is 5.10 Å². The molecule has 2 aromatic rings. The summed E-state index contributed by atoms with van der Waals surface area (Å²) in [5.41, 5.74) is 4.54.